The van der Waals surface area contributed by atoms with E-state index in [0.29, 0.717) is 17.1 Å². The van der Waals surface area contributed by atoms with Crippen molar-refractivity contribution in [3.8, 4) is 5.75 Å². The van der Waals surface area contributed by atoms with Crippen LogP contribution in [0.1, 0.15) is 12.8 Å². The minimum absolute atomic E-state index is 0.0213. The van der Waals surface area contributed by atoms with Gasteiger partial charge in [-0.2, -0.15) is 0 Å². The number of anilines is 2. The molecule has 5 heteroatoms. The Morgan fingerprint density at radius 1 is 1.12 bits per heavy atom. The molecule has 1 fully saturated rings. The van der Waals surface area contributed by atoms with Crippen molar-refractivity contribution in [3.05, 3.63) is 18.2 Å². The number of ether oxygens (including phenoxy) is 1. The third-order valence-corrected chi connectivity index (χ3v) is 2.90. The summed E-state index contributed by atoms with van der Waals surface area (Å²) >= 11 is 0. The predicted molar refractivity (Wildman–Crippen MR) is 64.9 cm³/mol. The van der Waals surface area contributed by atoms with Crippen LogP contribution in [0.25, 0.3) is 0 Å². The highest BCUT2D eigenvalue weighted by Crippen LogP contribution is 2.28. The van der Waals surface area contributed by atoms with Gasteiger partial charge in [-0.3, -0.25) is 0 Å². The van der Waals surface area contributed by atoms with Gasteiger partial charge in [-0.15, -0.1) is 0 Å². The van der Waals surface area contributed by atoms with E-state index >= 15 is 0 Å². The summed E-state index contributed by atoms with van der Waals surface area (Å²) < 4.78 is 5.76. The second-order valence-corrected chi connectivity index (χ2v) is 4.35. The van der Waals surface area contributed by atoms with Crippen LogP contribution in [0.3, 0.4) is 0 Å². The molecule has 0 aliphatic heterocycles. The Hall–Kier alpha value is -1.46. The quantitative estimate of drug-likeness (QED) is 0.528. The Bertz CT molecular complexity index is 382. The topological polar surface area (TPSA) is 113 Å². The maximum atomic E-state index is 5.93. The maximum Gasteiger partial charge on any atom is 0.142 e. The average Bonchev–Trinajstić information content (AvgIpc) is 2.50. The van der Waals surface area contributed by atoms with Crippen LogP contribution < -0.4 is 27.7 Å². The van der Waals surface area contributed by atoms with E-state index in [-0.39, 0.29) is 18.2 Å². The first-order valence-electron chi connectivity index (χ1n) is 5.39. The molecule has 3 atom stereocenters. The standard InChI is InChI=1S/C11H18N4O/c12-6-1-2-10(8(14)3-6)16-11-5-7(13)4-9(11)15/h1-3,7,9,11H,4-5,12-15H2/t7-,9+,11+/m0/s1. The molecular weight excluding hydrogens is 204 g/mol. The van der Waals surface area contributed by atoms with Crippen LogP contribution in [0.2, 0.25) is 0 Å². The van der Waals surface area contributed by atoms with Crippen LogP contribution in [0, 0.1) is 0 Å². The minimum Gasteiger partial charge on any atom is -0.487 e. The predicted octanol–water partition coefficient (Wildman–Crippen LogP) is 0.0468. The molecule has 16 heavy (non-hydrogen) atoms. The molecule has 0 saturated heterocycles. The summed E-state index contributed by atoms with van der Waals surface area (Å²) in [5.74, 6) is 0.628. The number of nitrogen functional groups attached to an aromatic ring is 2. The van der Waals surface area contributed by atoms with Crippen molar-refractivity contribution in [3.63, 3.8) is 0 Å². The number of benzene rings is 1. The molecule has 1 aliphatic carbocycles. The van der Waals surface area contributed by atoms with Crippen molar-refractivity contribution in [2.24, 2.45) is 11.5 Å². The van der Waals surface area contributed by atoms with Crippen molar-refractivity contribution in [2.45, 2.75) is 31.0 Å². The van der Waals surface area contributed by atoms with Gasteiger partial charge in [0, 0.05) is 24.2 Å². The van der Waals surface area contributed by atoms with E-state index < -0.39 is 0 Å². The van der Waals surface area contributed by atoms with Gasteiger partial charge in [-0.05, 0) is 24.6 Å². The summed E-state index contributed by atoms with van der Waals surface area (Å²) in [6.45, 7) is 0. The molecule has 1 aromatic carbocycles. The lowest BCUT2D eigenvalue weighted by atomic mass is 10.2. The third kappa shape index (κ3) is 2.20. The summed E-state index contributed by atoms with van der Waals surface area (Å²) in [6, 6.07) is 5.30. The summed E-state index contributed by atoms with van der Waals surface area (Å²) in [5.41, 5.74) is 24.3. The minimum atomic E-state index is -0.0547. The number of hydrogen-bond acceptors (Lipinski definition) is 5. The highest BCUT2D eigenvalue weighted by Gasteiger charge is 2.31. The Labute approximate surface area is 94.7 Å². The molecule has 8 N–H and O–H groups in total. The lowest BCUT2D eigenvalue weighted by Crippen LogP contribution is -2.33. The summed E-state index contributed by atoms with van der Waals surface area (Å²) in [7, 11) is 0. The van der Waals surface area contributed by atoms with Crippen molar-refractivity contribution in [1.29, 1.82) is 0 Å². The zero-order chi connectivity index (χ0) is 11.7. The van der Waals surface area contributed by atoms with Gasteiger partial charge < -0.3 is 27.7 Å². The average molecular weight is 222 g/mol. The first-order valence-corrected chi connectivity index (χ1v) is 5.39. The SMILES string of the molecule is Nc1ccc(O[C@@H]2C[C@@H](N)C[C@H]2N)c(N)c1. The van der Waals surface area contributed by atoms with Gasteiger partial charge in [-0.1, -0.05) is 0 Å². The van der Waals surface area contributed by atoms with E-state index in [9.17, 15) is 0 Å². The van der Waals surface area contributed by atoms with Crippen LogP contribution in [-0.2, 0) is 0 Å². The van der Waals surface area contributed by atoms with Gasteiger partial charge in [0.15, 0.2) is 0 Å². The fourth-order valence-electron chi connectivity index (χ4n) is 2.04. The van der Waals surface area contributed by atoms with E-state index in [4.69, 9.17) is 27.7 Å². The highest BCUT2D eigenvalue weighted by atomic mass is 16.5. The van der Waals surface area contributed by atoms with Crippen LogP contribution in [0.4, 0.5) is 11.4 Å². The van der Waals surface area contributed by atoms with E-state index in [2.05, 4.69) is 0 Å². The number of rotatable bonds is 2. The zero-order valence-corrected chi connectivity index (χ0v) is 9.10. The molecule has 5 nitrogen and oxygen atoms in total. The van der Waals surface area contributed by atoms with E-state index in [1.807, 2.05) is 0 Å². The van der Waals surface area contributed by atoms with Crippen LogP contribution in [0.15, 0.2) is 18.2 Å². The van der Waals surface area contributed by atoms with E-state index in [1.54, 1.807) is 18.2 Å². The lowest BCUT2D eigenvalue weighted by molar-refractivity contribution is 0.192. The van der Waals surface area contributed by atoms with Crippen molar-refractivity contribution >= 4 is 11.4 Å². The molecular formula is C11H18N4O. The Morgan fingerprint density at radius 2 is 1.88 bits per heavy atom. The molecule has 88 valence electrons. The van der Waals surface area contributed by atoms with Crippen LogP contribution in [0.5, 0.6) is 5.75 Å². The van der Waals surface area contributed by atoms with Crippen molar-refractivity contribution < 1.29 is 4.74 Å². The largest absolute Gasteiger partial charge is 0.487 e. The Balaban J connectivity index is 2.09. The Kier molecular flexibility index (Phi) is 2.89. The monoisotopic (exact) mass is 222 g/mol. The zero-order valence-electron chi connectivity index (χ0n) is 9.10. The molecule has 0 radical (unpaired) electrons. The number of nitrogens with two attached hydrogens (primary N) is 4. The van der Waals surface area contributed by atoms with Gasteiger partial charge >= 0.3 is 0 Å². The first-order chi connectivity index (χ1) is 7.56. The fraction of sp³-hybridized carbons (Fsp3) is 0.455. The smallest absolute Gasteiger partial charge is 0.142 e. The summed E-state index contributed by atoms with van der Waals surface area (Å²) in [6.07, 6.45) is 1.51. The van der Waals surface area contributed by atoms with Crippen LogP contribution in [-0.4, -0.2) is 18.2 Å². The molecule has 0 heterocycles. The second-order valence-electron chi connectivity index (χ2n) is 4.35. The fourth-order valence-corrected chi connectivity index (χ4v) is 2.04. The third-order valence-electron chi connectivity index (χ3n) is 2.90. The molecule has 0 aromatic heterocycles. The summed E-state index contributed by atoms with van der Waals surface area (Å²) in [4.78, 5) is 0. The summed E-state index contributed by atoms with van der Waals surface area (Å²) in [5, 5.41) is 0. The first kappa shape index (κ1) is 11.0. The number of hydrogen-bond donors (Lipinski definition) is 4. The normalized spacial score (nSPS) is 29.2. The van der Waals surface area contributed by atoms with Crippen LogP contribution >= 0.6 is 0 Å². The molecule has 1 aromatic rings. The molecule has 0 bridgehead atoms. The van der Waals surface area contributed by atoms with Gasteiger partial charge in [0.2, 0.25) is 0 Å². The van der Waals surface area contributed by atoms with E-state index in [1.165, 1.54) is 0 Å². The van der Waals surface area contributed by atoms with Gasteiger partial charge in [0.1, 0.15) is 11.9 Å². The lowest BCUT2D eigenvalue weighted by Gasteiger charge is -2.19. The molecule has 1 aliphatic rings. The van der Waals surface area contributed by atoms with Gasteiger partial charge in [-0.25, -0.2) is 0 Å². The van der Waals surface area contributed by atoms with E-state index in [0.717, 1.165) is 12.8 Å². The maximum absolute atomic E-state index is 5.93. The molecule has 2 rings (SSSR count). The molecule has 0 spiro atoms. The molecule has 0 unspecified atom stereocenters. The van der Waals surface area contributed by atoms with Crippen molar-refractivity contribution in [1.82, 2.24) is 0 Å². The second kappa shape index (κ2) is 4.19. The highest BCUT2D eigenvalue weighted by molar-refractivity contribution is 5.60. The van der Waals surface area contributed by atoms with Crippen molar-refractivity contribution in [2.75, 3.05) is 11.5 Å². The van der Waals surface area contributed by atoms with Gasteiger partial charge in [0.05, 0.1) is 5.69 Å². The Morgan fingerprint density at radius 3 is 2.44 bits per heavy atom. The molecule has 1 saturated carbocycles. The van der Waals surface area contributed by atoms with Gasteiger partial charge in [0.25, 0.3) is 0 Å². The molecule has 0 amide bonds.